The van der Waals surface area contributed by atoms with Gasteiger partial charge in [0.2, 0.25) is 5.91 Å². The Morgan fingerprint density at radius 2 is 2.04 bits per heavy atom. The number of aliphatic hydroxyl groups is 1. The second-order valence-corrected chi connectivity index (χ2v) is 5.25. The number of carbonyl (C=O) groups excluding carboxylic acids is 2. The minimum atomic E-state index is -1.25. The molecule has 0 aliphatic carbocycles. The molecule has 0 spiro atoms. The van der Waals surface area contributed by atoms with Gasteiger partial charge in [-0.1, -0.05) is 30.3 Å². The predicted molar refractivity (Wildman–Crippen MR) is 78.0 cm³/mol. The lowest BCUT2D eigenvalue weighted by molar-refractivity contribution is -0.233. The van der Waals surface area contributed by atoms with Crippen LogP contribution in [0.4, 0.5) is 0 Å². The smallest absolute Gasteiger partial charge is 0.328 e. The van der Waals surface area contributed by atoms with E-state index in [2.05, 4.69) is 5.32 Å². The maximum Gasteiger partial charge on any atom is 0.328 e. The van der Waals surface area contributed by atoms with Crippen molar-refractivity contribution in [3.8, 4) is 0 Å². The van der Waals surface area contributed by atoms with Gasteiger partial charge in [0.25, 0.3) is 5.91 Å². The van der Waals surface area contributed by atoms with Crippen molar-refractivity contribution in [1.29, 1.82) is 0 Å². The summed E-state index contributed by atoms with van der Waals surface area (Å²) in [5.41, 5.74) is 0.759. The van der Waals surface area contributed by atoms with Crippen LogP contribution in [0.25, 0.3) is 0 Å². The molecule has 1 aliphatic rings. The van der Waals surface area contributed by atoms with Crippen LogP contribution in [-0.2, 0) is 25.6 Å². The largest absolute Gasteiger partial charge is 0.480 e. The van der Waals surface area contributed by atoms with E-state index in [1.165, 1.54) is 6.92 Å². The lowest BCUT2D eigenvalue weighted by atomic mass is 10.1. The third-order valence-electron chi connectivity index (χ3n) is 3.49. The lowest BCUT2D eigenvalue weighted by Gasteiger charge is -2.36. The Kier molecular flexibility index (Phi) is 5.30. The zero-order valence-corrected chi connectivity index (χ0v) is 12.5. The first-order chi connectivity index (χ1) is 10.9. The van der Waals surface area contributed by atoms with Crippen molar-refractivity contribution in [2.45, 2.75) is 31.5 Å². The monoisotopic (exact) mass is 322 g/mol. The minimum Gasteiger partial charge on any atom is -0.480 e. The number of hydroxylamine groups is 2. The van der Waals surface area contributed by atoms with Gasteiger partial charge in [-0.2, -0.15) is 0 Å². The van der Waals surface area contributed by atoms with Gasteiger partial charge < -0.3 is 15.5 Å². The number of amides is 2. The number of nitrogens with one attached hydrogen (secondary N) is 1. The van der Waals surface area contributed by atoms with Gasteiger partial charge in [-0.05, 0) is 12.5 Å². The first-order valence-electron chi connectivity index (χ1n) is 7.10. The Bertz CT molecular complexity index is 591. The molecule has 1 aromatic carbocycles. The highest BCUT2D eigenvalue weighted by Gasteiger charge is 2.41. The number of carboxylic acids is 1. The van der Waals surface area contributed by atoms with Crippen LogP contribution >= 0.6 is 0 Å². The summed E-state index contributed by atoms with van der Waals surface area (Å²) in [4.78, 5) is 40.2. The Balaban J connectivity index is 2.03. The molecule has 2 rings (SSSR count). The molecule has 3 N–H and O–H groups in total. The summed E-state index contributed by atoms with van der Waals surface area (Å²) in [7, 11) is 0. The highest BCUT2D eigenvalue weighted by Crippen LogP contribution is 2.14. The van der Waals surface area contributed by atoms with Crippen LogP contribution in [0, 0.1) is 0 Å². The van der Waals surface area contributed by atoms with E-state index in [9.17, 15) is 19.5 Å². The van der Waals surface area contributed by atoms with Crippen LogP contribution in [0.1, 0.15) is 12.5 Å². The zero-order valence-electron chi connectivity index (χ0n) is 12.5. The van der Waals surface area contributed by atoms with Crippen molar-refractivity contribution in [3.63, 3.8) is 0 Å². The van der Waals surface area contributed by atoms with Crippen LogP contribution < -0.4 is 5.32 Å². The van der Waals surface area contributed by atoms with Crippen molar-refractivity contribution in [2.24, 2.45) is 0 Å². The molecule has 0 aromatic heterocycles. The van der Waals surface area contributed by atoms with Gasteiger partial charge in [-0.25, -0.2) is 9.86 Å². The molecular weight excluding hydrogens is 304 g/mol. The number of nitrogens with zero attached hydrogens (tertiary/aromatic N) is 1. The molecule has 0 bridgehead atoms. The van der Waals surface area contributed by atoms with Crippen LogP contribution in [0.3, 0.4) is 0 Å². The number of aliphatic carboxylic acids is 1. The normalized spacial score (nSPS) is 22.5. The fraction of sp³-hybridized carbons (Fsp3) is 0.400. The summed E-state index contributed by atoms with van der Waals surface area (Å²) in [5.74, 6) is -2.48. The van der Waals surface area contributed by atoms with Crippen molar-refractivity contribution in [3.05, 3.63) is 35.9 Å². The molecule has 0 saturated carbocycles. The maximum atomic E-state index is 12.2. The van der Waals surface area contributed by atoms with Crippen molar-refractivity contribution < 1.29 is 29.4 Å². The number of carboxylic acid groups (broad SMARTS) is 1. The fourth-order valence-electron chi connectivity index (χ4n) is 2.18. The van der Waals surface area contributed by atoms with Gasteiger partial charge in [0.15, 0.2) is 6.04 Å². The Labute approximate surface area is 132 Å². The number of rotatable bonds is 5. The van der Waals surface area contributed by atoms with Gasteiger partial charge in [-0.15, -0.1) is 0 Å². The summed E-state index contributed by atoms with van der Waals surface area (Å²) in [6, 6.07) is 6.46. The van der Waals surface area contributed by atoms with E-state index in [0.29, 0.717) is 5.06 Å². The van der Waals surface area contributed by atoms with Crippen LogP contribution in [0.15, 0.2) is 30.3 Å². The third-order valence-corrected chi connectivity index (χ3v) is 3.49. The van der Waals surface area contributed by atoms with E-state index in [-0.39, 0.29) is 13.0 Å². The predicted octanol–water partition coefficient (Wildman–Crippen LogP) is -0.678. The minimum absolute atomic E-state index is 0.0483. The SMILES string of the molecule is C[C@H](C(=O)O)N1OC[C@H](O)[C@H](NC(=O)Cc2ccccc2)C1=O. The third kappa shape index (κ3) is 4.05. The highest BCUT2D eigenvalue weighted by atomic mass is 16.7. The molecule has 124 valence electrons. The second-order valence-electron chi connectivity index (χ2n) is 5.25. The van der Waals surface area contributed by atoms with Crippen molar-refractivity contribution >= 4 is 17.8 Å². The molecule has 1 heterocycles. The van der Waals surface area contributed by atoms with E-state index >= 15 is 0 Å². The van der Waals surface area contributed by atoms with Gasteiger partial charge >= 0.3 is 5.97 Å². The van der Waals surface area contributed by atoms with Crippen LogP contribution in [0.2, 0.25) is 0 Å². The molecule has 0 radical (unpaired) electrons. The van der Waals surface area contributed by atoms with E-state index in [4.69, 9.17) is 9.94 Å². The van der Waals surface area contributed by atoms with E-state index in [1.54, 1.807) is 24.3 Å². The van der Waals surface area contributed by atoms with Crippen LogP contribution in [0.5, 0.6) is 0 Å². The fourth-order valence-corrected chi connectivity index (χ4v) is 2.18. The maximum absolute atomic E-state index is 12.2. The Morgan fingerprint density at radius 3 is 2.65 bits per heavy atom. The molecule has 1 fully saturated rings. The molecule has 1 aromatic rings. The zero-order chi connectivity index (χ0) is 17.0. The Morgan fingerprint density at radius 1 is 1.39 bits per heavy atom. The number of carbonyl (C=O) groups is 3. The van der Waals surface area contributed by atoms with E-state index in [1.807, 2.05) is 6.07 Å². The first-order valence-corrected chi connectivity index (χ1v) is 7.10. The lowest BCUT2D eigenvalue weighted by Crippen LogP contribution is -2.62. The molecule has 8 heteroatoms. The number of hydrogen-bond donors (Lipinski definition) is 3. The Hall–Kier alpha value is -2.45. The summed E-state index contributed by atoms with van der Waals surface area (Å²) < 4.78 is 0. The molecule has 2 amide bonds. The van der Waals surface area contributed by atoms with Gasteiger partial charge in [-0.3, -0.25) is 14.4 Å². The highest BCUT2D eigenvalue weighted by molar-refractivity contribution is 5.91. The average Bonchev–Trinajstić information content (AvgIpc) is 2.52. The van der Waals surface area contributed by atoms with Gasteiger partial charge in [0.1, 0.15) is 18.8 Å². The summed E-state index contributed by atoms with van der Waals surface area (Å²) in [6.45, 7) is 1.00. The summed E-state index contributed by atoms with van der Waals surface area (Å²) in [5, 5.41) is 21.9. The number of benzene rings is 1. The van der Waals surface area contributed by atoms with E-state index in [0.717, 1.165) is 5.56 Å². The quantitative estimate of drug-likeness (QED) is 0.661. The number of hydrogen-bond acceptors (Lipinski definition) is 5. The standard InChI is InChI=1S/C15H18N2O6/c1-9(15(21)22)17-14(20)13(11(18)8-23-17)16-12(19)7-10-5-3-2-4-6-10/h2-6,9,11,13,18H,7-8H2,1H3,(H,16,19)(H,21,22)/t9-,11+,13+/m1/s1. The molecule has 23 heavy (non-hydrogen) atoms. The van der Waals surface area contributed by atoms with Gasteiger partial charge in [0.05, 0.1) is 6.42 Å². The summed E-state index contributed by atoms with van der Waals surface area (Å²) in [6.07, 6.45) is -1.19. The average molecular weight is 322 g/mol. The second kappa shape index (κ2) is 7.21. The van der Waals surface area contributed by atoms with E-state index < -0.39 is 36.0 Å². The molecule has 3 atom stereocenters. The van der Waals surface area contributed by atoms with Crippen molar-refractivity contribution in [1.82, 2.24) is 10.4 Å². The topological polar surface area (TPSA) is 116 Å². The molecular formula is C15H18N2O6. The first kappa shape index (κ1) is 16.9. The molecule has 8 nitrogen and oxygen atoms in total. The number of aliphatic hydroxyl groups excluding tert-OH is 1. The molecule has 1 saturated heterocycles. The van der Waals surface area contributed by atoms with Gasteiger partial charge in [0, 0.05) is 0 Å². The molecule has 0 unspecified atom stereocenters. The summed E-state index contributed by atoms with van der Waals surface area (Å²) >= 11 is 0. The molecule has 1 aliphatic heterocycles. The van der Waals surface area contributed by atoms with Crippen molar-refractivity contribution in [2.75, 3.05) is 6.61 Å². The van der Waals surface area contributed by atoms with Crippen LogP contribution in [-0.4, -0.2) is 57.9 Å².